The lowest BCUT2D eigenvalue weighted by Gasteiger charge is -2.19. The number of nitrogens with zero attached hydrogens (tertiary/aromatic N) is 2. The zero-order chi connectivity index (χ0) is 18.8. The summed E-state index contributed by atoms with van der Waals surface area (Å²) in [4.78, 5) is 8.66. The first-order chi connectivity index (χ1) is 11.6. The van der Waals surface area contributed by atoms with Crippen LogP contribution in [0.15, 0.2) is 12.1 Å². The molecule has 0 aliphatic rings. The molecule has 0 unspecified atom stereocenters. The van der Waals surface area contributed by atoms with E-state index >= 15 is 0 Å². The van der Waals surface area contributed by atoms with Crippen molar-refractivity contribution in [3.05, 3.63) is 52.5 Å². The SMILES string of the molecule is COCc1cc(NCc2c(F)c(F)cc(F)c2F)nc(C(C)(C)C)n1. The molecule has 136 valence electrons. The monoisotopic (exact) mass is 357 g/mol. The standard InChI is InChI=1S/C17H19F4N3O/c1-17(2,3)16-23-9(8-25-4)5-13(24-16)22-7-10-14(20)11(18)6-12(19)15(10)21/h5-6H,7-8H2,1-4H3,(H,22,23,24). The van der Waals surface area contributed by atoms with E-state index in [0.717, 1.165) is 0 Å². The third-order valence-electron chi connectivity index (χ3n) is 3.39. The molecule has 0 saturated heterocycles. The van der Waals surface area contributed by atoms with Gasteiger partial charge in [-0.3, -0.25) is 0 Å². The molecule has 8 heteroatoms. The Morgan fingerprint density at radius 3 is 2.12 bits per heavy atom. The molecule has 2 aromatic rings. The molecule has 0 fully saturated rings. The number of aromatic nitrogens is 2. The fourth-order valence-corrected chi connectivity index (χ4v) is 2.10. The summed E-state index contributed by atoms with van der Waals surface area (Å²) in [7, 11) is 1.51. The van der Waals surface area contributed by atoms with Crippen LogP contribution in [0.4, 0.5) is 23.4 Å². The summed E-state index contributed by atoms with van der Waals surface area (Å²) in [6.45, 7) is 5.47. The Labute approximate surface area is 143 Å². The van der Waals surface area contributed by atoms with Crippen molar-refractivity contribution in [2.45, 2.75) is 39.3 Å². The lowest BCUT2D eigenvalue weighted by molar-refractivity contribution is 0.181. The fourth-order valence-electron chi connectivity index (χ4n) is 2.10. The zero-order valence-electron chi connectivity index (χ0n) is 14.4. The molecule has 0 atom stereocenters. The normalized spacial score (nSPS) is 11.7. The van der Waals surface area contributed by atoms with E-state index in [1.54, 1.807) is 6.07 Å². The summed E-state index contributed by atoms with van der Waals surface area (Å²) in [5.41, 5.74) is -0.542. The second kappa shape index (κ2) is 7.35. The largest absolute Gasteiger partial charge is 0.378 e. The van der Waals surface area contributed by atoms with Gasteiger partial charge < -0.3 is 10.1 Å². The molecule has 0 spiro atoms. The van der Waals surface area contributed by atoms with E-state index in [2.05, 4.69) is 15.3 Å². The molecule has 0 amide bonds. The summed E-state index contributed by atoms with van der Waals surface area (Å²) in [6.07, 6.45) is 0. The summed E-state index contributed by atoms with van der Waals surface area (Å²) < 4.78 is 59.1. The van der Waals surface area contributed by atoms with Crippen LogP contribution in [-0.2, 0) is 23.3 Å². The van der Waals surface area contributed by atoms with Crippen molar-refractivity contribution in [1.29, 1.82) is 0 Å². The number of methoxy groups -OCH3 is 1. The van der Waals surface area contributed by atoms with Crippen molar-refractivity contribution in [2.24, 2.45) is 0 Å². The van der Waals surface area contributed by atoms with Crippen molar-refractivity contribution in [2.75, 3.05) is 12.4 Å². The van der Waals surface area contributed by atoms with Gasteiger partial charge in [-0.2, -0.15) is 0 Å². The number of nitrogens with one attached hydrogen (secondary N) is 1. The van der Waals surface area contributed by atoms with Crippen LogP contribution in [0.2, 0.25) is 0 Å². The first-order valence-electron chi connectivity index (χ1n) is 7.56. The van der Waals surface area contributed by atoms with Gasteiger partial charge in [0.1, 0.15) is 11.6 Å². The maximum atomic E-state index is 13.7. The molecule has 1 heterocycles. The van der Waals surface area contributed by atoms with Crippen LogP contribution < -0.4 is 5.32 Å². The smallest absolute Gasteiger partial charge is 0.166 e. The van der Waals surface area contributed by atoms with Gasteiger partial charge in [-0.05, 0) is 0 Å². The number of anilines is 1. The van der Waals surface area contributed by atoms with Crippen LogP contribution in [0.25, 0.3) is 0 Å². The predicted molar refractivity (Wildman–Crippen MR) is 85.0 cm³/mol. The van der Waals surface area contributed by atoms with Crippen LogP contribution in [0, 0.1) is 23.3 Å². The quantitative estimate of drug-likeness (QED) is 0.647. The second-order valence-corrected chi connectivity index (χ2v) is 6.55. The summed E-state index contributed by atoms with van der Waals surface area (Å²) in [6, 6.07) is 1.72. The molecule has 2 rings (SSSR count). The fraction of sp³-hybridized carbons (Fsp3) is 0.412. The minimum absolute atomic E-state index is 0.174. The van der Waals surface area contributed by atoms with E-state index in [9.17, 15) is 17.6 Å². The van der Waals surface area contributed by atoms with E-state index in [1.165, 1.54) is 7.11 Å². The molecule has 1 aromatic heterocycles. The average Bonchev–Trinajstić information content (AvgIpc) is 2.52. The molecule has 0 aliphatic carbocycles. The predicted octanol–water partition coefficient (Wildman–Crippen LogP) is 4.09. The van der Waals surface area contributed by atoms with Gasteiger partial charge in [0.2, 0.25) is 0 Å². The van der Waals surface area contributed by atoms with Crippen molar-refractivity contribution in [3.63, 3.8) is 0 Å². The topological polar surface area (TPSA) is 47.0 Å². The van der Waals surface area contributed by atoms with Gasteiger partial charge in [0, 0.05) is 36.8 Å². The Bertz CT molecular complexity index is 749. The van der Waals surface area contributed by atoms with E-state index in [-0.39, 0.29) is 23.9 Å². The second-order valence-electron chi connectivity index (χ2n) is 6.55. The highest BCUT2D eigenvalue weighted by Crippen LogP contribution is 2.23. The third kappa shape index (κ3) is 4.45. The van der Waals surface area contributed by atoms with Crippen molar-refractivity contribution in [1.82, 2.24) is 9.97 Å². The molecule has 0 radical (unpaired) electrons. The summed E-state index contributed by atoms with van der Waals surface area (Å²) >= 11 is 0. The van der Waals surface area contributed by atoms with E-state index in [4.69, 9.17) is 4.74 Å². The number of benzene rings is 1. The lowest BCUT2D eigenvalue weighted by atomic mass is 9.95. The van der Waals surface area contributed by atoms with Crippen molar-refractivity contribution >= 4 is 5.82 Å². The van der Waals surface area contributed by atoms with Gasteiger partial charge in [-0.15, -0.1) is 0 Å². The van der Waals surface area contributed by atoms with E-state index < -0.39 is 35.4 Å². The lowest BCUT2D eigenvalue weighted by Crippen LogP contribution is -2.19. The maximum absolute atomic E-state index is 13.7. The Kier molecular flexibility index (Phi) is 5.62. The highest BCUT2D eigenvalue weighted by molar-refractivity contribution is 5.38. The third-order valence-corrected chi connectivity index (χ3v) is 3.39. The molecular formula is C17H19F4N3O. The van der Waals surface area contributed by atoms with Crippen molar-refractivity contribution in [3.8, 4) is 0 Å². The molecule has 25 heavy (non-hydrogen) atoms. The van der Waals surface area contributed by atoms with Gasteiger partial charge in [0.25, 0.3) is 0 Å². The molecule has 4 nitrogen and oxygen atoms in total. The molecule has 0 saturated carbocycles. The molecule has 1 aromatic carbocycles. The highest BCUT2D eigenvalue weighted by Gasteiger charge is 2.21. The zero-order valence-corrected chi connectivity index (χ0v) is 14.4. The average molecular weight is 357 g/mol. The van der Waals surface area contributed by atoms with Crippen LogP contribution in [0.5, 0.6) is 0 Å². The Morgan fingerprint density at radius 1 is 1.00 bits per heavy atom. The number of halogens is 4. The highest BCUT2D eigenvalue weighted by atomic mass is 19.2. The number of ether oxygens (including phenoxy) is 1. The van der Waals surface area contributed by atoms with Crippen LogP contribution >= 0.6 is 0 Å². The first-order valence-corrected chi connectivity index (χ1v) is 7.56. The Hall–Kier alpha value is -2.22. The number of hydrogen-bond donors (Lipinski definition) is 1. The Balaban J connectivity index is 2.34. The molecule has 0 aliphatic heterocycles. The van der Waals surface area contributed by atoms with Crippen molar-refractivity contribution < 1.29 is 22.3 Å². The summed E-state index contributed by atoms with van der Waals surface area (Å²) in [5, 5.41) is 2.69. The summed E-state index contributed by atoms with van der Waals surface area (Å²) in [5.74, 6) is -5.00. The van der Waals surface area contributed by atoms with E-state index in [0.29, 0.717) is 11.5 Å². The van der Waals surface area contributed by atoms with Crippen LogP contribution in [-0.4, -0.2) is 17.1 Å². The van der Waals surface area contributed by atoms with Crippen LogP contribution in [0.3, 0.4) is 0 Å². The van der Waals surface area contributed by atoms with Gasteiger partial charge in [-0.1, -0.05) is 20.8 Å². The first kappa shape index (κ1) is 19.1. The van der Waals surface area contributed by atoms with Gasteiger partial charge in [0.15, 0.2) is 23.3 Å². The Morgan fingerprint density at radius 2 is 1.60 bits per heavy atom. The van der Waals surface area contributed by atoms with Gasteiger partial charge in [-0.25, -0.2) is 27.5 Å². The number of hydrogen-bond acceptors (Lipinski definition) is 4. The van der Waals surface area contributed by atoms with Gasteiger partial charge in [0.05, 0.1) is 12.3 Å². The minimum Gasteiger partial charge on any atom is -0.378 e. The molecule has 1 N–H and O–H groups in total. The van der Waals surface area contributed by atoms with Gasteiger partial charge >= 0.3 is 0 Å². The minimum atomic E-state index is -1.45. The molecular weight excluding hydrogens is 338 g/mol. The molecule has 0 bridgehead atoms. The van der Waals surface area contributed by atoms with E-state index in [1.807, 2.05) is 20.8 Å². The van der Waals surface area contributed by atoms with Crippen LogP contribution in [0.1, 0.15) is 37.9 Å². The maximum Gasteiger partial charge on any atom is 0.166 e. The number of rotatable bonds is 5.